The van der Waals surface area contributed by atoms with Crippen LogP contribution in [0.3, 0.4) is 0 Å². The number of likely N-dealkylation sites (N-methyl/N-ethyl adjacent to an activating group) is 1. The lowest BCUT2D eigenvalue weighted by Crippen LogP contribution is -2.23. The zero-order chi connectivity index (χ0) is 14.1. The van der Waals surface area contributed by atoms with Gasteiger partial charge in [-0.3, -0.25) is 4.98 Å². The monoisotopic (exact) mass is 306 g/mol. The Balaban J connectivity index is 2.02. The molecule has 0 spiro atoms. The van der Waals surface area contributed by atoms with Crippen molar-refractivity contribution in [1.29, 1.82) is 0 Å². The van der Waals surface area contributed by atoms with E-state index in [-0.39, 0.29) is 6.04 Å². The molecule has 1 heterocycles. The Labute approximate surface area is 129 Å². The van der Waals surface area contributed by atoms with Crippen molar-refractivity contribution in [1.82, 2.24) is 10.3 Å². The van der Waals surface area contributed by atoms with E-state index in [0.29, 0.717) is 16.0 Å². The normalized spacial score (nSPS) is 18.9. The van der Waals surface area contributed by atoms with Crippen LogP contribution < -0.4 is 5.32 Å². The van der Waals surface area contributed by atoms with Gasteiger partial charge in [0.25, 0.3) is 0 Å². The van der Waals surface area contributed by atoms with Crippen molar-refractivity contribution >= 4 is 23.2 Å². The maximum absolute atomic E-state index is 6.38. The van der Waals surface area contributed by atoms with Gasteiger partial charge < -0.3 is 5.32 Å². The van der Waals surface area contributed by atoms with Gasteiger partial charge in [-0.05, 0) is 43.1 Å². The first-order valence-corrected chi connectivity index (χ1v) is 7.53. The second kappa shape index (κ2) is 5.72. The number of halogens is 2. The molecule has 104 valence electrons. The van der Waals surface area contributed by atoms with E-state index in [0.717, 1.165) is 18.4 Å². The fourth-order valence-electron chi connectivity index (χ4n) is 3.10. The van der Waals surface area contributed by atoms with Gasteiger partial charge in [0.2, 0.25) is 0 Å². The number of hydrogen-bond donors (Lipinski definition) is 1. The number of aromatic nitrogens is 1. The second-order valence-electron chi connectivity index (χ2n) is 5.10. The highest BCUT2D eigenvalue weighted by Crippen LogP contribution is 2.43. The molecule has 3 rings (SSSR count). The molecule has 2 aromatic rings. The Bertz CT molecular complexity index is 628. The Kier molecular flexibility index (Phi) is 3.97. The van der Waals surface area contributed by atoms with E-state index in [4.69, 9.17) is 23.2 Å². The highest BCUT2D eigenvalue weighted by Gasteiger charge is 2.32. The van der Waals surface area contributed by atoms with E-state index in [1.807, 2.05) is 37.5 Å². The number of rotatable bonds is 3. The van der Waals surface area contributed by atoms with E-state index < -0.39 is 0 Å². The Hall–Kier alpha value is -1.09. The number of hydrogen-bond acceptors (Lipinski definition) is 2. The highest BCUT2D eigenvalue weighted by molar-refractivity contribution is 6.42. The van der Waals surface area contributed by atoms with E-state index in [9.17, 15) is 0 Å². The summed E-state index contributed by atoms with van der Waals surface area (Å²) in [6.07, 6.45) is 4.02. The Morgan fingerprint density at radius 1 is 1.25 bits per heavy atom. The average Bonchev–Trinajstić information content (AvgIpc) is 2.88. The zero-order valence-corrected chi connectivity index (χ0v) is 12.7. The third-order valence-electron chi connectivity index (χ3n) is 4.03. The predicted molar refractivity (Wildman–Crippen MR) is 83.6 cm³/mol. The Morgan fingerprint density at radius 3 is 2.90 bits per heavy atom. The molecule has 1 aliphatic rings. The molecule has 20 heavy (non-hydrogen) atoms. The molecule has 0 amide bonds. The molecule has 2 atom stereocenters. The largest absolute Gasteiger partial charge is 0.312 e. The topological polar surface area (TPSA) is 24.9 Å². The van der Waals surface area contributed by atoms with Gasteiger partial charge >= 0.3 is 0 Å². The van der Waals surface area contributed by atoms with Crippen molar-refractivity contribution in [3.05, 3.63) is 63.4 Å². The number of nitrogens with one attached hydrogen (secondary N) is 1. The number of benzene rings is 1. The molecule has 0 aliphatic heterocycles. The third-order valence-corrected chi connectivity index (χ3v) is 4.87. The van der Waals surface area contributed by atoms with Crippen molar-refractivity contribution in [3.8, 4) is 0 Å². The summed E-state index contributed by atoms with van der Waals surface area (Å²) in [4.78, 5) is 4.57. The fourth-order valence-corrected chi connectivity index (χ4v) is 3.53. The maximum Gasteiger partial charge on any atom is 0.0640 e. The van der Waals surface area contributed by atoms with Gasteiger partial charge in [-0.25, -0.2) is 0 Å². The lowest BCUT2D eigenvalue weighted by Gasteiger charge is -2.25. The molecule has 0 fully saturated rings. The summed E-state index contributed by atoms with van der Waals surface area (Å²) in [5.74, 6) is 0.340. The molecule has 2 unspecified atom stereocenters. The van der Waals surface area contributed by atoms with Crippen molar-refractivity contribution < 1.29 is 0 Å². The molecular formula is C16H16Cl2N2. The number of aryl methyl sites for hydroxylation is 1. The van der Waals surface area contributed by atoms with Crippen molar-refractivity contribution in [2.24, 2.45) is 0 Å². The minimum atomic E-state index is 0.136. The van der Waals surface area contributed by atoms with Crippen LogP contribution in [0.4, 0.5) is 0 Å². The van der Waals surface area contributed by atoms with Crippen LogP contribution >= 0.6 is 23.2 Å². The Morgan fingerprint density at radius 2 is 2.10 bits per heavy atom. The molecule has 1 aromatic carbocycles. The lowest BCUT2D eigenvalue weighted by molar-refractivity contribution is 0.470. The highest BCUT2D eigenvalue weighted by atomic mass is 35.5. The molecule has 0 saturated heterocycles. The van der Waals surface area contributed by atoms with E-state index in [2.05, 4.69) is 16.4 Å². The van der Waals surface area contributed by atoms with Crippen LogP contribution in [-0.2, 0) is 6.42 Å². The first kappa shape index (κ1) is 13.9. The molecule has 0 saturated carbocycles. The fraction of sp³-hybridized carbons (Fsp3) is 0.312. The molecule has 0 bridgehead atoms. The summed E-state index contributed by atoms with van der Waals surface area (Å²) < 4.78 is 0. The number of pyridine rings is 1. The summed E-state index contributed by atoms with van der Waals surface area (Å²) >= 11 is 12.5. The summed E-state index contributed by atoms with van der Waals surface area (Å²) in [6.45, 7) is 0. The van der Waals surface area contributed by atoms with Gasteiger partial charge in [-0.1, -0.05) is 41.4 Å². The van der Waals surface area contributed by atoms with Crippen LogP contribution in [0.5, 0.6) is 0 Å². The predicted octanol–water partition coefficient (Wildman–Crippen LogP) is 4.38. The summed E-state index contributed by atoms with van der Waals surface area (Å²) in [5, 5.41) is 4.62. The molecule has 2 nitrogen and oxygen atoms in total. The molecular weight excluding hydrogens is 291 g/mol. The zero-order valence-electron chi connectivity index (χ0n) is 11.2. The quantitative estimate of drug-likeness (QED) is 0.910. The summed E-state index contributed by atoms with van der Waals surface area (Å²) in [6, 6.07) is 10.1. The van der Waals surface area contributed by atoms with E-state index >= 15 is 0 Å². The molecule has 4 heteroatoms. The van der Waals surface area contributed by atoms with Gasteiger partial charge in [0, 0.05) is 23.9 Å². The molecule has 0 radical (unpaired) electrons. The van der Waals surface area contributed by atoms with Crippen LogP contribution in [0.1, 0.15) is 35.2 Å². The average molecular weight is 307 g/mol. The van der Waals surface area contributed by atoms with Crippen molar-refractivity contribution in [3.63, 3.8) is 0 Å². The van der Waals surface area contributed by atoms with Crippen LogP contribution in [0.25, 0.3) is 0 Å². The summed E-state index contributed by atoms with van der Waals surface area (Å²) in [7, 11) is 1.96. The molecule has 1 aliphatic carbocycles. The van der Waals surface area contributed by atoms with Gasteiger partial charge in [0.05, 0.1) is 10.0 Å². The standard InChI is InChI=1S/C16H16Cl2N2/c1-19-16(11-5-2-6-13(17)14(11)18)12-8-7-10-4-3-9-20-15(10)12/h2-6,9,12,16,19H,7-8H2,1H3. The molecule has 1 N–H and O–H groups in total. The van der Waals surface area contributed by atoms with Gasteiger partial charge in [-0.2, -0.15) is 0 Å². The minimum Gasteiger partial charge on any atom is -0.312 e. The van der Waals surface area contributed by atoms with Gasteiger partial charge in [-0.15, -0.1) is 0 Å². The maximum atomic E-state index is 6.38. The van der Waals surface area contributed by atoms with Crippen LogP contribution in [0, 0.1) is 0 Å². The third kappa shape index (κ3) is 2.32. The van der Waals surface area contributed by atoms with Gasteiger partial charge in [0.15, 0.2) is 0 Å². The first-order chi connectivity index (χ1) is 9.72. The van der Waals surface area contributed by atoms with Crippen LogP contribution in [-0.4, -0.2) is 12.0 Å². The van der Waals surface area contributed by atoms with E-state index in [1.54, 1.807) is 0 Å². The SMILES string of the molecule is CNC(c1cccc(Cl)c1Cl)C1CCc2cccnc21. The van der Waals surface area contributed by atoms with Crippen LogP contribution in [0.15, 0.2) is 36.5 Å². The molecule has 1 aromatic heterocycles. The number of fused-ring (bicyclic) bond motifs is 1. The second-order valence-corrected chi connectivity index (χ2v) is 5.89. The van der Waals surface area contributed by atoms with Gasteiger partial charge in [0.1, 0.15) is 0 Å². The van der Waals surface area contributed by atoms with Crippen molar-refractivity contribution in [2.45, 2.75) is 24.8 Å². The first-order valence-electron chi connectivity index (χ1n) is 6.77. The summed E-state index contributed by atoms with van der Waals surface area (Å²) in [5.41, 5.74) is 3.57. The van der Waals surface area contributed by atoms with E-state index in [1.165, 1.54) is 11.3 Å². The van der Waals surface area contributed by atoms with Crippen LogP contribution in [0.2, 0.25) is 10.0 Å². The number of nitrogens with zero attached hydrogens (tertiary/aromatic N) is 1. The smallest absolute Gasteiger partial charge is 0.0640 e. The van der Waals surface area contributed by atoms with Crippen molar-refractivity contribution in [2.75, 3.05) is 7.05 Å². The lowest BCUT2D eigenvalue weighted by atomic mass is 9.91. The minimum absolute atomic E-state index is 0.136.